The number of hydrogen-bond acceptors (Lipinski definition) is 4. The maximum Gasteiger partial charge on any atom is 0.254 e. The van der Waals surface area contributed by atoms with Gasteiger partial charge in [-0.05, 0) is 17.6 Å². The maximum atomic E-state index is 11.9. The average molecular weight is 281 g/mol. The Bertz CT molecular complexity index is 534. The molecule has 5 N–H and O–H groups in total. The highest BCUT2D eigenvalue weighted by molar-refractivity contribution is 5.75. The first-order valence-corrected chi connectivity index (χ1v) is 6.20. The predicted octanol–water partition coefficient (Wildman–Crippen LogP) is -1.27. The van der Waals surface area contributed by atoms with Crippen molar-refractivity contribution >= 4 is 11.9 Å². The van der Waals surface area contributed by atoms with E-state index >= 15 is 0 Å². The minimum Gasteiger partial charge on any atom is -0.391 e. The third-order valence-corrected chi connectivity index (χ3v) is 2.48. The highest BCUT2D eigenvalue weighted by atomic mass is 16.6. The van der Waals surface area contributed by atoms with E-state index in [0.29, 0.717) is 12.0 Å². The summed E-state index contributed by atoms with van der Waals surface area (Å²) in [6.07, 6.45) is 2.21. The zero-order valence-electron chi connectivity index (χ0n) is 11.3. The second kappa shape index (κ2) is 7.82. The smallest absolute Gasteiger partial charge is 0.254 e. The van der Waals surface area contributed by atoms with Crippen molar-refractivity contribution in [2.75, 3.05) is 13.2 Å². The molecule has 1 heterocycles. The van der Waals surface area contributed by atoms with Crippen molar-refractivity contribution < 1.29 is 9.63 Å². The number of hydrogen-bond donors (Lipinski definition) is 3. The highest BCUT2D eigenvalue weighted by Crippen LogP contribution is 1.92. The molecule has 8 heteroatoms. The molecule has 0 atom stereocenters. The van der Waals surface area contributed by atoms with Gasteiger partial charge in [0.25, 0.3) is 5.56 Å². The van der Waals surface area contributed by atoms with Gasteiger partial charge in [-0.2, -0.15) is 0 Å². The number of oxime groups is 1. The molecular formula is C12H19N5O3. The summed E-state index contributed by atoms with van der Waals surface area (Å²) in [4.78, 5) is 28.3. The third-order valence-electron chi connectivity index (χ3n) is 2.48. The van der Waals surface area contributed by atoms with Gasteiger partial charge in [0, 0.05) is 11.8 Å². The van der Waals surface area contributed by atoms with Gasteiger partial charge in [-0.15, -0.1) is 0 Å². The van der Waals surface area contributed by atoms with Gasteiger partial charge in [0.2, 0.25) is 11.9 Å². The monoisotopic (exact) mass is 281 g/mol. The van der Waals surface area contributed by atoms with Crippen LogP contribution >= 0.6 is 0 Å². The summed E-state index contributed by atoms with van der Waals surface area (Å²) in [6, 6.07) is 3.50. The van der Waals surface area contributed by atoms with Crippen LogP contribution in [0.25, 0.3) is 0 Å². The van der Waals surface area contributed by atoms with Crippen LogP contribution in [0, 0.1) is 0 Å². The lowest BCUT2D eigenvalue weighted by atomic mass is 10.2. The predicted molar refractivity (Wildman–Crippen MR) is 74.9 cm³/mol. The zero-order chi connectivity index (χ0) is 15.0. The molecule has 0 aliphatic rings. The number of amides is 1. The third kappa shape index (κ3) is 5.01. The molecule has 8 nitrogen and oxygen atoms in total. The Balaban J connectivity index is 2.43. The fourth-order valence-electron chi connectivity index (χ4n) is 1.55. The van der Waals surface area contributed by atoms with Crippen LogP contribution in [0.2, 0.25) is 0 Å². The Hall–Kier alpha value is -2.51. The van der Waals surface area contributed by atoms with Crippen molar-refractivity contribution in [2.45, 2.75) is 19.9 Å². The van der Waals surface area contributed by atoms with Gasteiger partial charge in [0.1, 0.15) is 13.2 Å². The van der Waals surface area contributed by atoms with E-state index in [1.807, 2.05) is 6.92 Å². The van der Waals surface area contributed by atoms with Crippen molar-refractivity contribution in [1.29, 1.82) is 0 Å². The topological polar surface area (TPSA) is 125 Å². The van der Waals surface area contributed by atoms with Crippen LogP contribution in [-0.4, -0.2) is 29.6 Å². The molecule has 0 aliphatic heterocycles. The number of guanidine groups is 1. The molecular weight excluding hydrogens is 262 g/mol. The number of aryl methyl sites for hydroxylation is 1. The molecule has 20 heavy (non-hydrogen) atoms. The first-order chi connectivity index (χ1) is 9.54. The number of nitrogens with two attached hydrogens (primary N) is 2. The Labute approximate surface area is 116 Å². The van der Waals surface area contributed by atoms with E-state index in [4.69, 9.17) is 16.3 Å². The molecule has 0 bridgehead atoms. The quantitative estimate of drug-likeness (QED) is 0.249. The van der Waals surface area contributed by atoms with Gasteiger partial charge in [0.05, 0.1) is 6.54 Å². The summed E-state index contributed by atoms with van der Waals surface area (Å²) in [7, 11) is 0. The summed E-state index contributed by atoms with van der Waals surface area (Å²) >= 11 is 0. The van der Waals surface area contributed by atoms with Crippen molar-refractivity contribution in [2.24, 2.45) is 16.6 Å². The number of nitrogens with zero attached hydrogens (tertiary/aromatic N) is 2. The fourth-order valence-corrected chi connectivity index (χ4v) is 1.55. The SMILES string of the molecule is CCc1cccn(CC(=O)NCCON=C(N)N)c1=O. The van der Waals surface area contributed by atoms with Crippen LogP contribution < -0.4 is 22.3 Å². The van der Waals surface area contributed by atoms with E-state index in [0.717, 1.165) is 0 Å². The second-order valence-corrected chi connectivity index (χ2v) is 4.02. The standard InChI is InChI=1S/C12H19N5O3/c1-2-9-4-3-6-17(11(9)19)8-10(18)15-5-7-20-16-12(13)14/h3-4,6H,2,5,7-8H2,1H3,(H,15,18)(H4,13,14,16). The molecule has 0 saturated heterocycles. The molecule has 1 aromatic heterocycles. The lowest BCUT2D eigenvalue weighted by Crippen LogP contribution is -2.34. The fraction of sp³-hybridized carbons (Fsp3) is 0.417. The Morgan fingerprint density at radius 1 is 1.50 bits per heavy atom. The van der Waals surface area contributed by atoms with E-state index in [1.165, 1.54) is 4.57 Å². The van der Waals surface area contributed by atoms with Crippen molar-refractivity contribution in [3.8, 4) is 0 Å². The molecule has 0 aromatic carbocycles. The number of carbonyl (C=O) groups excluding carboxylic acids is 1. The Morgan fingerprint density at radius 2 is 2.25 bits per heavy atom. The van der Waals surface area contributed by atoms with Gasteiger partial charge in [-0.1, -0.05) is 13.0 Å². The molecule has 0 fully saturated rings. The maximum absolute atomic E-state index is 11.9. The number of nitrogens with one attached hydrogen (secondary N) is 1. The molecule has 1 aromatic rings. The van der Waals surface area contributed by atoms with Crippen molar-refractivity contribution in [3.63, 3.8) is 0 Å². The number of aromatic nitrogens is 1. The van der Waals surface area contributed by atoms with E-state index < -0.39 is 0 Å². The lowest BCUT2D eigenvalue weighted by molar-refractivity contribution is -0.121. The van der Waals surface area contributed by atoms with Gasteiger partial charge < -0.3 is 26.2 Å². The minimum atomic E-state index is -0.284. The molecule has 110 valence electrons. The van der Waals surface area contributed by atoms with E-state index in [-0.39, 0.29) is 37.1 Å². The van der Waals surface area contributed by atoms with Crippen molar-refractivity contribution in [3.05, 3.63) is 34.2 Å². The van der Waals surface area contributed by atoms with Crippen LogP contribution in [0.5, 0.6) is 0 Å². The summed E-state index contributed by atoms with van der Waals surface area (Å²) in [5.41, 5.74) is 10.6. The summed E-state index contributed by atoms with van der Waals surface area (Å²) in [6.45, 7) is 2.25. The molecule has 1 rings (SSSR count). The summed E-state index contributed by atoms with van der Waals surface area (Å²) in [5.74, 6) is -0.465. The average Bonchev–Trinajstić information content (AvgIpc) is 2.40. The van der Waals surface area contributed by atoms with Gasteiger partial charge in [-0.3, -0.25) is 9.59 Å². The van der Waals surface area contributed by atoms with Gasteiger partial charge >= 0.3 is 0 Å². The number of pyridine rings is 1. The van der Waals surface area contributed by atoms with Crippen LogP contribution in [-0.2, 0) is 22.6 Å². The van der Waals surface area contributed by atoms with Gasteiger partial charge in [-0.25, -0.2) is 0 Å². The van der Waals surface area contributed by atoms with Crippen molar-refractivity contribution in [1.82, 2.24) is 9.88 Å². The lowest BCUT2D eigenvalue weighted by Gasteiger charge is -2.08. The zero-order valence-corrected chi connectivity index (χ0v) is 11.3. The van der Waals surface area contributed by atoms with E-state index in [2.05, 4.69) is 10.5 Å². The second-order valence-electron chi connectivity index (χ2n) is 4.02. The first-order valence-electron chi connectivity index (χ1n) is 6.20. The van der Waals surface area contributed by atoms with Crippen LogP contribution in [0.1, 0.15) is 12.5 Å². The molecule has 0 unspecified atom stereocenters. The van der Waals surface area contributed by atoms with Crippen LogP contribution in [0.4, 0.5) is 0 Å². The van der Waals surface area contributed by atoms with E-state index in [9.17, 15) is 9.59 Å². The highest BCUT2D eigenvalue weighted by Gasteiger charge is 2.06. The first kappa shape index (κ1) is 15.5. The van der Waals surface area contributed by atoms with Crippen LogP contribution in [0.3, 0.4) is 0 Å². The number of rotatable bonds is 7. The number of carbonyl (C=O) groups is 1. The molecule has 0 radical (unpaired) electrons. The minimum absolute atomic E-state index is 0.0328. The Kier molecular flexibility index (Phi) is 6.08. The van der Waals surface area contributed by atoms with Crippen LogP contribution in [0.15, 0.2) is 28.3 Å². The molecule has 0 saturated carbocycles. The normalized spacial score (nSPS) is 9.85. The van der Waals surface area contributed by atoms with Gasteiger partial charge in [0.15, 0.2) is 0 Å². The summed E-state index contributed by atoms with van der Waals surface area (Å²) < 4.78 is 1.37. The molecule has 0 spiro atoms. The summed E-state index contributed by atoms with van der Waals surface area (Å²) in [5, 5.41) is 5.90. The molecule has 1 amide bonds. The van der Waals surface area contributed by atoms with E-state index in [1.54, 1.807) is 18.3 Å². The molecule has 0 aliphatic carbocycles. The Morgan fingerprint density at radius 3 is 2.90 bits per heavy atom. The largest absolute Gasteiger partial charge is 0.391 e.